The van der Waals surface area contributed by atoms with Gasteiger partial charge < -0.3 is 15.2 Å². The van der Waals surface area contributed by atoms with Crippen LogP contribution >= 0.6 is 11.3 Å². The van der Waals surface area contributed by atoms with Gasteiger partial charge in [0.05, 0.1) is 11.6 Å². The van der Waals surface area contributed by atoms with E-state index in [1.165, 1.54) is 16.7 Å². The van der Waals surface area contributed by atoms with Crippen molar-refractivity contribution >= 4 is 23.2 Å². The van der Waals surface area contributed by atoms with Crippen molar-refractivity contribution in [3.05, 3.63) is 51.5 Å². The molecule has 1 unspecified atom stereocenters. The fourth-order valence-corrected chi connectivity index (χ4v) is 3.41. The van der Waals surface area contributed by atoms with E-state index in [4.69, 9.17) is 9.84 Å². The molecule has 0 aliphatic carbocycles. The molecule has 1 atom stereocenters. The van der Waals surface area contributed by atoms with Crippen LogP contribution in [0, 0.1) is 0 Å². The Kier molecular flexibility index (Phi) is 5.22. The zero-order valence-corrected chi connectivity index (χ0v) is 13.8. The van der Waals surface area contributed by atoms with Crippen LogP contribution in [0.25, 0.3) is 0 Å². The Morgan fingerprint density at radius 1 is 1.42 bits per heavy atom. The van der Waals surface area contributed by atoms with Gasteiger partial charge in [0.25, 0.3) is 5.91 Å². The first kappa shape index (κ1) is 16.6. The summed E-state index contributed by atoms with van der Waals surface area (Å²) >= 11 is 1.29. The number of hydrogen-bond donors (Lipinski definition) is 2. The van der Waals surface area contributed by atoms with Crippen molar-refractivity contribution < 1.29 is 19.4 Å². The molecule has 1 aromatic carbocycles. The highest BCUT2D eigenvalue weighted by Crippen LogP contribution is 2.25. The molecule has 6 nitrogen and oxygen atoms in total. The minimum atomic E-state index is -1.03. The summed E-state index contributed by atoms with van der Waals surface area (Å²) in [6, 6.07) is 7.63. The molecule has 7 heteroatoms. The van der Waals surface area contributed by atoms with E-state index >= 15 is 0 Å². The Hall–Kier alpha value is -2.25. The van der Waals surface area contributed by atoms with Gasteiger partial charge in [-0.3, -0.25) is 4.79 Å². The lowest BCUT2D eigenvalue weighted by Crippen LogP contribution is -2.25. The summed E-state index contributed by atoms with van der Waals surface area (Å²) in [6.45, 7) is 1.90. The highest BCUT2D eigenvalue weighted by molar-refractivity contribution is 7.09. The Labute approximate surface area is 143 Å². The number of ether oxygens (including phenoxy) is 1. The molecule has 3 rings (SSSR count). The van der Waals surface area contributed by atoms with Gasteiger partial charge >= 0.3 is 5.97 Å². The third-order valence-electron chi connectivity index (χ3n) is 3.95. The highest BCUT2D eigenvalue weighted by Gasteiger charge is 2.18. The van der Waals surface area contributed by atoms with Gasteiger partial charge in [-0.15, -0.1) is 11.3 Å². The van der Waals surface area contributed by atoms with Crippen LogP contribution in [0.2, 0.25) is 0 Å². The second-order valence-electron chi connectivity index (χ2n) is 5.62. The molecule has 1 saturated heterocycles. The zero-order chi connectivity index (χ0) is 16.9. The number of benzene rings is 1. The smallest absolute Gasteiger partial charge is 0.355 e. The van der Waals surface area contributed by atoms with Gasteiger partial charge in [0.15, 0.2) is 5.69 Å². The topological polar surface area (TPSA) is 88.5 Å². The maximum Gasteiger partial charge on any atom is 0.355 e. The van der Waals surface area contributed by atoms with Crippen molar-refractivity contribution in [3.63, 3.8) is 0 Å². The number of aromatic nitrogens is 1. The zero-order valence-electron chi connectivity index (χ0n) is 13.0. The van der Waals surface area contributed by atoms with Crippen molar-refractivity contribution in [2.24, 2.45) is 0 Å². The standard InChI is InChI=1S/C17H18N2O4S/c20-16(18-6-4-15-19-14(10-24-15)17(21)22)12-3-1-2-11(8-12)13-5-7-23-9-13/h1-3,8,10,13H,4-7,9H2,(H,18,20)(H,21,22). The van der Waals surface area contributed by atoms with E-state index in [1.54, 1.807) is 6.07 Å². The molecular weight excluding hydrogens is 328 g/mol. The lowest BCUT2D eigenvalue weighted by Gasteiger charge is -2.10. The summed E-state index contributed by atoms with van der Waals surface area (Å²) in [5, 5.41) is 13.9. The Morgan fingerprint density at radius 2 is 2.29 bits per heavy atom. The van der Waals surface area contributed by atoms with Crippen molar-refractivity contribution in [1.29, 1.82) is 0 Å². The van der Waals surface area contributed by atoms with Gasteiger partial charge in [-0.1, -0.05) is 12.1 Å². The van der Waals surface area contributed by atoms with Crippen molar-refractivity contribution in [2.45, 2.75) is 18.8 Å². The van der Waals surface area contributed by atoms with Crippen molar-refractivity contribution in [3.8, 4) is 0 Å². The molecule has 0 spiro atoms. The molecule has 2 heterocycles. The summed E-state index contributed by atoms with van der Waals surface area (Å²) in [4.78, 5) is 27.0. The van der Waals surface area contributed by atoms with Gasteiger partial charge in [0, 0.05) is 36.4 Å². The van der Waals surface area contributed by atoms with Crippen LogP contribution in [0.1, 0.15) is 43.8 Å². The molecule has 2 N–H and O–H groups in total. The number of amides is 1. The maximum atomic E-state index is 12.3. The second-order valence-corrected chi connectivity index (χ2v) is 6.57. The molecule has 1 amide bonds. The highest BCUT2D eigenvalue weighted by atomic mass is 32.1. The van der Waals surface area contributed by atoms with Gasteiger partial charge in [0.2, 0.25) is 0 Å². The molecule has 0 saturated carbocycles. The van der Waals surface area contributed by atoms with E-state index in [1.807, 2.05) is 18.2 Å². The minimum absolute atomic E-state index is 0.0489. The maximum absolute atomic E-state index is 12.3. The number of carboxylic acids is 1. The van der Waals surface area contributed by atoms with Crippen LogP contribution in [-0.2, 0) is 11.2 Å². The van der Waals surface area contributed by atoms with Crippen LogP contribution in [0.4, 0.5) is 0 Å². The van der Waals surface area contributed by atoms with Gasteiger partial charge in [-0.25, -0.2) is 9.78 Å². The quantitative estimate of drug-likeness (QED) is 0.838. The number of aromatic carboxylic acids is 1. The lowest BCUT2D eigenvalue weighted by atomic mass is 9.96. The van der Waals surface area contributed by atoms with E-state index in [2.05, 4.69) is 10.3 Å². The SMILES string of the molecule is O=C(NCCc1nc(C(=O)O)cs1)c1cccc(C2CCOC2)c1. The second kappa shape index (κ2) is 7.55. The monoisotopic (exact) mass is 346 g/mol. The summed E-state index contributed by atoms with van der Waals surface area (Å²) in [6.07, 6.45) is 1.50. The lowest BCUT2D eigenvalue weighted by molar-refractivity contribution is 0.0690. The van der Waals surface area contributed by atoms with E-state index < -0.39 is 5.97 Å². The van der Waals surface area contributed by atoms with Gasteiger partial charge in [-0.05, 0) is 24.1 Å². The van der Waals surface area contributed by atoms with Gasteiger partial charge in [0.1, 0.15) is 0 Å². The molecular formula is C17H18N2O4S. The number of nitrogens with one attached hydrogen (secondary N) is 1. The fourth-order valence-electron chi connectivity index (χ4n) is 2.64. The largest absolute Gasteiger partial charge is 0.476 e. The molecule has 0 radical (unpaired) electrons. The molecule has 0 bridgehead atoms. The summed E-state index contributed by atoms with van der Waals surface area (Å²) < 4.78 is 5.40. The van der Waals surface area contributed by atoms with Crippen LogP contribution < -0.4 is 5.32 Å². The number of carbonyl (C=O) groups is 2. The third-order valence-corrected chi connectivity index (χ3v) is 4.85. The Bertz CT molecular complexity index is 738. The summed E-state index contributed by atoms with van der Waals surface area (Å²) in [5.74, 6) is -0.803. The summed E-state index contributed by atoms with van der Waals surface area (Å²) in [7, 11) is 0. The number of nitrogens with zero attached hydrogens (tertiary/aromatic N) is 1. The molecule has 24 heavy (non-hydrogen) atoms. The Morgan fingerprint density at radius 3 is 3.00 bits per heavy atom. The number of hydrogen-bond acceptors (Lipinski definition) is 5. The normalized spacial score (nSPS) is 16.9. The third kappa shape index (κ3) is 3.98. The number of carbonyl (C=O) groups excluding carboxylic acids is 1. The molecule has 126 valence electrons. The Balaban J connectivity index is 1.54. The number of rotatable bonds is 6. The average Bonchev–Trinajstić information content (AvgIpc) is 3.27. The van der Waals surface area contributed by atoms with Crippen molar-refractivity contribution in [1.82, 2.24) is 10.3 Å². The van der Waals surface area contributed by atoms with Crippen LogP contribution in [0.3, 0.4) is 0 Å². The molecule has 1 aliphatic heterocycles. The first-order chi connectivity index (χ1) is 11.6. The first-order valence-electron chi connectivity index (χ1n) is 7.77. The van der Waals surface area contributed by atoms with E-state index in [0.717, 1.165) is 18.6 Å². The summed E-state index contributed by atoms with van der Waals surface area (Å²) in [5.41, 5.74) is 1.81. The minimum Gasteiger partial charge on any atom is -0.476 e. The van der Waals surface area contributed by atoms with Crippen LogP contribution in [0.15, 0.2) is 29.6 Å². The molecule has 1 fully saturated rings. The van der Waals surface area contributed by atoms with Crippen LogP contribution in [0.5, 0.6) is 0 Å². The molecule has 2 aromatic rings. The number of thiazole rings is 1. The van der Waals surface area contributed by atoms with E-state index in [0.29, 0.717) is 36.1 Å². The fraction of sp³-hybridized carbons (Fsp3) is 0.353. The number of carboxylic acid groups (broad SMARTS) is 1. The molecule has 1 aliphatic rings. The molecule has 1 aromatic heterocycles. The predicted molar refractivity (Wildman–Crippen MR) is 89.7 cm³/mol. The van der Waals surface area contributed by atoms with E-state index in [9.17, 15) is 9.59 Å². The average molecular weight is 346 g/mol. The van der Waals surface area contributed by atoms with Gasteiger partial charge in [-0.2, -0.15) is 0 Å². The first-order valence-corrected chi connectivity index (χ1v) is 8.65. The van der Waals surface area contributed by atoms with Crippen molar-refractivity contribution in [2.75, 3.05) is 19.8 Å². The predicted octanol–water partition coefficient (Wildman–Crippen LogP) is 2.32. The van der Waals surface area contributed by atoms with Crippen LogP contribution in [-0.4, -0.2) is 41.7 Å². The van der Waals surface area contributed by atoms with E-state index in [-0.39, 0.29) is 11.6 Å².